The highest BCUT2D eigenvalue weighted by molar-refractivity contribution is 6.30. The highest BCUT2D eigenvalue weighted by atomic mass is 35.5. The van der Waals surface area contributed by atoms with Gasteiger partial charge in [-0.3, -0.25) is 0 Å². The number of nitrogens with two attached hydrogens (primary N) is 1. The predicted molar refractivity (Wildman–Crippen MR) is 64.1 cm³/mol. The third-order valence-electron chi connectivity index (χ3n) is 2.12. The molecule has 0 aromatic heterocycles. The average molecular weight is 246 g/mol. The second-order valence-corrected chi connectivity index (χ2v) is 5.06. The molecule has 0 heterocycles. The van der Waals surface area contributed by atoms with Crippen LogP contribution in [-0.4, -0.2) is 12.6 Å². The maximum Gasteiger partial charge on any atom is 0.145 e. The summed E-state index contributed by atoms with van der Waals surface area (Å²) >= 11 is 5.81. The summed E-state index contributed by atoms with van der Waals surface area (Å²) < 4.78 is 18.7. The highest BCUT2D eigenvalue weighted by Gasteiger charge is 2.17. The number of ether oxygens (including phenoxy) is 1. The molecular weight excluding hydrogens is 229 g/mol. The van der Waals surface area contributed by atoms with E-state index in [1.165, 1.54) is 0 Å². The van der Waals surface area contributed by atoms with E-state index in [2.05, 4.69) is 0 Å². The molecule has 2 nitrogen and oxygen atoms in total. The van der Waals surface area contributed by atoms with Gasteiger partial charge in [-0.25, -0.2) is 4.39 Å². The van der Waals surface area contributed by atoms with E-state index in [1.807, 2.05) is 13.8 Å². The summed E-state index contributed by atoms with van der Waals surface area (Å²) in [5, 5.41) is 0.119. The number of rotatable bonds is 4. The first-order chi connectivity index (χ1) is 7.33. The Labute approximate surface area is 101 Å². The molecule has 0 atom stereocenters. The van der Waals surface area contributed by atoms with Gasteiger partial charge in [-0.05, 0) is 37.5 Å². The van der Waals surface area contributed by atoms with Crippen LogP contribution in [0.25, 0.3) is 0 Å². The molecule has 0 saturated heterocycles. The lowest BCUT2D eigenvalue weighted by Crippen LogP contribution is -2.34. The summed E-state index contributed by atoms with van der Waals surface area (Å²) in [6, 6.07) is 3.33. The highest BCUT2D eigenvalue weighted by Crippen LogP contribution is 2.24. The Kier molecular flexibility index (Phi) is 4.30. The molecule has 0 amide bonds. The average Bonchev–Trinajstić information content (AvgIpc) is 2.11. The summed E-state index contributed by atoms with van der Waals surface area (Å²) in [6.45, 7) is 4.12. The zero-order valence-electron chi connectivity index (χ0n) is 9.81. The Bertz CT molecular complexity index is 374. The third-order valence-corrected chi connectivity index (χ3v) is 2.40. The summed E-state index contributed by atoms with van der Waals surface area (Å²) in [5.41, 5.74) is 6.80. The first kappa shape index (κ1) is 13.4. The zero-order valence-corrected chi connectivity index (χ0v) is 10.6. The predicted octanol–water partition coefficient (Wildman–Crippen LogP) is 2.91. The molecule has 0 spiro atoms. The van der Waals surface area contributed by atoms with E-state index < -0.39 is 5.54 Å². The minimum absolute atomic E-state index is 0.119. The summed E-state index contributed by atoms with van der Waals surface area (Å²) in [7, 11) is 1.59. The number of benzene rings is 1. The molecule has 1 aromatic carbocycles. The van der Waals surface area contributed by atoms with Crippen molar-refractivity contribution in [3.63, 3.8) is 0 Å². The van der Waals surface area contributed by atoms with Gasteiger partial charge in [-0.15, -0.1) is 0 Å². The molecule has 90 valence electrons. The van der Waals surface area contributed by atoms with Crippen molar-refractivity contribution in [2.45, 2.75) is 32.4 Å². The molecule has 0 aliphatic rings. The molecule has 0 radical (unpaired) electrons. The van der Waals surface area contributed by atoms with E-state index in [0.717, 1.165) is 5.56 Å². The Hall–Kier alpha value is -0.640. The Morgan fingerprint density at radius 1 is 1.44 bits per heavy atom. The number of hydrogen-bond donors (Lipinski definition) is 1. The monoisotopic (exact) mass is 245 g/mol. The fourth-order valence-electron chi connectivity index (χ4n) is 1.58. The van der Waals surface area contributed by atoms with Crippen molar-refractivity contribution in [1.82, 2.24) is 0 Å². The van der Waals surface area contributed by atoms with Crippen LogP contribution in [0.1, 0.15) is 25.0 Å². The maximum atomic E-state index is 13.7. The second-order valence-electron chi connectivity index (χ2n) is 4.65. The first-order valence-electron chi connectivity index (χ1n) is 5.08. The van der Waals surface area contributed by atoms with Crippen molar-refractivity contribution in [3.8, 4) is 0 Å². The molecule has 16 heavy (non-hydrogen) atoms. The van der Waals surface area contributed by atoms with E-state index in [9.17, 15) is 4.39 Å². The third kappa shape index (κ3) is 3.74. The van der Waals surface area contributed by atoms with Crippen molar-refractivity contribution < 1.29 is 9.13 Å². The van der Waals surface area contributed by atoms with Crippen LogP contribution in [-0.2, 0) is 17.8 Å². The fraction of sp³-hybridized carbons (Fsp3) is 0.500. The van der Waals surface area contributed by atoms with E-state index in [-0.39, 0.29) is 10.8 Å². The van der Waals surface area contributed by atoms with Crippen LogP contribution in [0.4, 0.5) is 4.39 Å². The summed E-state index contributed by atoms with van der Waals surface area (Å²) in [5.74, 6) is -0.389. The van der Waals surface area contributed by atoms with Gasteiger partial charge in [0.15, 0.2) is 0 Å². The van der Waals surface area contributed by atoms with Gasteiger partial charge in [-0.2, -0.15) is 0 Å². The van der Waals surface area contributed by atoms with Crippen molar-refractivity contribution >= 4 is 11.6 Å². The van der Waals surface area contributed by atoms with Crippen LogP contribution in [0, 0.1) is 5.82 Å². The van der Waals surface area contributed by atoms with Crippen LogP contribution in [0.15, 0.2) is 12.1 Å². The molecule has 2 N–H and O–H groups in total. The van der Waals surface area contributed by atoms with Gasteiger partial charge in [0, 0.05) is 12.6 Å². The maximum absolute atomic E-state index is 13.7. The van der Waals surface area contributed by atoms with E-state index in [1.54, 1.807) is 19.2 Å². The van der Waals surface area contributed by atoms with Crippen molar-refractivity contribution in [2.24, 2.45) is 5.73 Å². The topological polar surface area (TPSA) is 35.2 Å². The lowest BCUT2D eigenvalue weighted by molar-refractivity contribution is 0.184. The summed E-state index contributed by atoms with van der Waals surface area (Å²) in [6.07, 6.45) is 0.441. The van der Waals surface area contributed by atoms with Gasteiger partial charge in [0.2, 0.25) is 0 Å². The molecule has 0 bridgehead atoms. The van der Waals surface area contributed by atoms with Crippen LogP contribution in [0.3, 0.4) is 0 Å². The SMILES string of the molecule is COCc1cc(Cl)c(F)c(CC(C)(C)N)c1. The number of hydrogen-bond acceptors (Lipinski definition) is 2. The van der Waals surface area contributed by atoms with Crippen molar-refractivity contribution in [3.05, 3.63) is 34.1 Å². The molecule has 1 aromatic rings. The molecule has 0 unspecified atom stereocenters. The fourth-order valence-corrected chi connectivity index (χ4v) is 1.84. The molecular formula is C12H17ClFNO. The van der Waals surface area contributed by atoms with Gasteiger partial charge in [0.1, 0.15) is 5.82 Å². The number of halogens is 2. The quantitative estimate of drug-likeness (QED) is 0.885. The van der Waals surface area contributed by atoms with E-state index in [4.69, 9.17) is 22.1 Å². The lowest BCUT2D eigenvalue weighted by Gasteiger charge is -2.19. The van der Waals surface area contributed by atoms with Gasteiger partial charge in [-0.1, -0.05) is 17.7 Å². The molecule has 4 heteroatoms. The van der Waals surface area contributed by atoms with Gasteiger partial charge in [0.25, 0.3) is 0 Å². The lowest BCUT2D eigenvalue weighted by atomic mass is 9.95. The molecule has 0 aliphatic heterocycles. The molecule has 0 fully saturated rings. The van der Waals surface area contributed by atoms with Crippen LogP contribution in [0.2, 0.25) is 5.02 Å². The largest absolute Gasteiger partial charge is 0.380 e. The molecule has 1 rings (SSSR count). The van der Waals surface area contributed by atoms with E-state index >= 15 is 0 Å². The molecule has 0 saturated carbocycles. The standard InChI is InChI=1S/C12H17ClFNO/c1-12(2,15)6-9-4-8(7-16-3)5-10(13)11(9)14/h4-5H,6-7,15H2,1-3H3. The Morgan fingerprint density at radius 2 is 2.06 bits per heavy atom. The normalized spacial score (nSPS) is 11.9. The van der Waals surface area contributed by atoms with Crippen LogP contribution in [0.5, 0.6) is 0 Å². The zero-order chi connectivity index (χ0) is 12.3. The minimum atomic E-state index is -0.462. The van der Waals surface area contributed by atoms with Gasteiger partial charge < -0.3 is 10.5 Å². The Morgan fingerprint density at radius 3 is 2.56 bits per heavy atom. The van der Waals surface area contributed by atoms with Gasteiger partial charge in [0.05, 0.1) is 11.6 Å². The van der Waals surface area contributed by atoms with Crippen molar-refractivity contribution in [1.29, 1.82) is 0 Å². The molecule has 0 aliphatic carbocycles. The minimum Gasteiger partial charge on any atom is -0.380 e. The second kappa shape index (κ2) is 5.13. The smallest absolute Gasteiger partial charge is 0.145 e. The number of methoxy groups -OCH3 is 1. The van der Waals surface area contributed by atoms with Crippen LogP contribution >= 0.6 is 11.6 Å². The Balaban J connectivity index is 3.06. The first-order valence-corrected chi connectivity index (χ1v) is 5.46. The summed E-state index contributed by atoms with van der Waals surface area (Å²) in [4.78, 5) is 0. The van der Waals surface area contributed by atoms with Gasteiger partial charge >= 0.3 is 0 Å². The van der Waals surface area contributed by atoms with Crippen molar-refractivity contribution in [2.75, 3.05) is 7.11 Å². The van der Waals surface area contributed by atoms with E-state index in [0.29, 0.717) is 18.6 Å². The van der Waals surface area contributed by atoms with Crippen LogP contribution < -0.4 is 5.73 Å².